The molecule has 4 heteroatoms. The van der Waals surface area contributed by atoms with Gasteiger partial charge in [-0.15, -0.1) is 0 Å². The molecule has 1 aromatic rings. The Kier molecular flexibility index (Phi) is 5.07. The quantitative estimate of drug-likeness (QED) is 0.643. The Morgan fingerprint density at radius 3 is 2.71 bits per heavy atom. The molecule has 0 aliphatic carbocycles. The smallest absolute Gasteiger partial charge is 0.230 e. The third kappa shape index (κ3) is 4.28. The fourth-order valence-electron chi connectivity index (χ4n) is 0.923. The molecule has 0 unspecified atom stereocenters. The number of alkyl halides is 1. The summed E-state index contributed by atoms with van der Waals surface area (Å²) >= 11 is 3.06. The molecule has 76 valence electrons. The fourth-order valence-corrected chi connectivity index (χ4v) is 1.12. The van der Waals surface area contributed by atoms with Crippen molar-refractivity contribution < 1.29 is 9.53 Å². The van der Waals surface area contributed by atoms with Crippen molar-refractivity contribution >= 4 is 21.8 Å². The van der Waals surface area contributed by atoms with Gasteiger partial charge in [-0.2, -0.15) is 0 Å². The van der Waals surface area contributed by atoms with Crippen molar-refractivity contribution in [2.75, 3.05) is 18.5 Å². The van der Waals surface area contributed by atoms with Crippen LogP contribution in [0.5, 0.6) is 5.75 Å². The predicted molar refractivity (Wildman–Crippen MR) is 58.7 cm³/mol. The molecule has 0 heterocycles. The number of benzene rings is 1. The average molecular weight is 258 g/mol. The van der Waals surface area contributed by atoms with E-state index in [-0.39, 0.29) is 5.91 Å². The Balaban J connectivity index is 2.13. The second-order valence-electron chi connectivity index (χ2n) is 2.65. The van der Waals surface area contributed by atoms with Gasteiger partial charge in [0, 0.05) is 0 Å². The molecule has 0 aliphatic heterocycles. The van der Waals surface area contributed by atoms with E-state index in [2.05, 4.69) is 21.2 Å². The molecule has 0 bridgehead atoms. The van der Waals surface area contributed by atoms with E-state index < -0.39 is 0 Å². The molecule has 1 amide bonds. The van der Waals surface area contributed by atoms with Gasteiger partial charge in [0.1, 0.15) is 12.4 Å². The maximum absolute atomic E-state index is 10.8. The van der Waals surface area contributed by atoms with Crippen molar-refractivity contribution in [2.45, 2.75) is 0 Å². The summed E-state index contributed by atoms with van der Waals surface area (Å²) in [5.41, 5.74) is 0. The van der Waals surface area contributed by atoms with Gasteiger partial charge in [-0.05, 0) is 12.1 Å². The fraction of sp³-hybridized carbons (Fsp3) is 0.300. The molecule has 3 nitrogen and oxygen atoms in total. The van der Waals surface area contributed by atoms with E-state index in [1.807, 2.05) is 30.3 Å². The molecular weight excluding hydrogens is 246 g/mol. The Morgan fingerprint density at radius 2 is 2.07 bits per heavy atom. The van der Waals surface area contributed by atoms with Crippen molar-refractivity contribution in [3.05, 3.63) is 30.3 Å². The number of halogens is 1. The Labute approximate surface area is 91.6 Å². The van der Waals surface area contributed by atoms with Gasteiger partial charge < -0.3 is 10.1 Å². The van der Waals surface area contributed by atoms with Gasteiger partial charge in [0.2, 0.25) is 5.91 Å². The zero-order chi connectivity index (χ0) is 10.2. The number of rotatable bonds is 5. The van der Waals surface area contributed by atoms with Crippen LogP contribution in [0.3, 0.4) is 0 Å². The van der Waals surface area contributed by atoms with Crippen LogP contribution in [-0.4, -0.2) is 24.4 Å². The molecule has 0 spiro atoms. The molecular formula is C10H12BrNO2. The third-order valence-electron chi connectivity index (χ3n) is 1.56. The van der Waals surface area contributed by atoms with Crippen molar-refractivity contribution in [1.82, 2.24) is 5.32 Å². The number of nitrogens with one attached hydrogen (secondary N) is 1. The van der Waals surface area contributed by atoms with Crippen LogP contribution in [0.4, 0.5) is 0 Å². The highest BCUT2D eigenvalue weighted by Crippen LogP contribution is 2.07. The number of hydrogen-bond donors (Lipinski definition) is 1. The summed E-state index contributed by atoms with van der Waals surface area (Å²) in [6.45, 7) is 1.02. The van der Waals surface area contributed by atoms with E-state index in [1.54, 1.807) is 0 Å². The lowest BCUT2D eigenvalue weighted by Crippen LogP contribution is -2.28. The first kappa shape index (κ1) is 11.0. The number of carbonyl (C=O) groups excluding carboxylic acids is 1. The molecule has 1 aromatic carbocycles. The summed E-state index contributed by atoms with van der Waals surface area (Å²) in [4.78, 5) is 10.8. The summed E-state index contributed by atoms with van der Waals surface area (Å²) in [7, 11) is 0. The largest absolute Gasteiger partial charge is 0.492 e. The first-order valence-corrected chi connectivity index (χ1v) is 5.45. The van der Waals surface area contributed by atoms with Crippen LogP contribution in [0.2, 0.25) is 0 Å². The van der Waals surface area contributed by atoms with E-state index in [0.29, 0.717) is 18.5 Å². The van der Waals surface area contributed by atoms with Crippen molar-refractivity contribution in [2.24, 2.45) is 0 Å². The normalized spacial score (nSPS) is 9.50. The highest BCUT2D eigenvalue weighted by atomic mass is 79.9. The van der Waals surface area contributed by atoms with Crippen molar-refractivity contribution in [3.8, 4) is 5.75 Å². The lowest BCUT2D eigenvalue weighted by molar-refractivity contribution is -0.118. The molecule has 0 saturated heterocycles. The Hall–Kier alpha value is -1.03. The van der Waals surface area contributed by atoms with Crippen LogP contribution in [0.1, 0.15) is 0 Å². The molecule has 0 aromatic heterocycles. The molecule has 1 rings (SSSR count). The zero-order valence-electron chi connectivity index (χ0n) is 7.70. The summed E-state index contributed by atoms with van der Waals surface area (Å²) in [6, 6.07) is 9.51. The minimum Gasteiger partial charge on any atom is -0.492 e. The minimum atomic E-state index is -0.0262. The van der Waals surface area contributed by atoms with E-state index in [9.17, 15) is 4.79 Å². The maximum Gasteiger partial charge on any atom is 0.230 e. The number of carbonyl (C=O) groups is 1. The van der Waals surface area contributed by atoms with Gasteiger partial charge >= 0.3 is 0 Å². The molecule has 14 heavy (non-hydrogen) atoms. The maximum atomic E-state index is 10.8. The van der Waals surface area contributed by atoms with E-state index in [4.69, 9.17) is 4.74 Å². The summed E-state index contributed by atoms with van der Waals surface area (Å²) < 4.78 is 5.37. The average Bonchev–Trinajstić information content (AvgIpc) is 2.25. The van der Waals surface area contributed by atoms with E-state index >= 15 is 0 Å². The van der Waals surface area contributed by atoms with Gasteiger partial charge in [0.25, 0.3) is 0 Å². The van der Waals surface area contributed by atoms with Crippen molar-refractivity contribution in [1.29, 1.82) is 0 Å². The zero-order valence-corrected chi connectivity index (χ0v) is 9.29. The molecule has 0 radical (unpaired) electrons. The Morgan fingerprint density at radius 1 is 1.36 bits per heavy atom. The van der Waals surface area contributed by atoms with Gasteiger partial charge in [0.05, 0.1) is 11.9 Å². The number of hydrogen-bond acceptors (Lipinski definition) is 2. The first-order chi connectivity index (χ1) is 6.83. The van der Waals surface area contributed by atoms with Gasteiger partial charge in [-0.1, -0.05) is 34.1 Å². The lowest BCUT2D eigenvalue weighted by Gasteiger charge is -2.06. The molecule has 0 aliphatic rings. The van der Waals surface area contributed by atoms with Crippen LogP contribution < -0.4 is 10.1 Å². The summed E-state index contributed by atoms with van der Waals surface area (Å²) in [6.07, 6.45) is 0. The molecule has 0 fully saturated rings. The number of amides is 1. The second kappa shape index (κ2) is 6.43. The van der Waals surface area contributed by atoms with Crippen LogP contribution >= 0.6 is 15.9 Å². The van der Waals surface area contributed by atoms with E-state index in [1.165, 1.54) is 0 Å². The number of para-hydroxylation sites is 1. The van der Waals surface area contributed by atoms with Crippen LogP contribution in [0.25, 0.3) is 0 Å². The van der Waals surface area contributed by atoms with Gasteiger partial charge in [-0.3, -0.25) is 4.79 Å². The number of ether oxygens (including phenoxy) is 1. The SMILES string of the molecule is O=C(CBr)NCCOc1ccccc1. The first-order valence-electron chi connectivity index (χ1n) is 4.33. The van der Waals surface area contributed by atoms with Crippen LogP contribution in [0.15, 0.2) is 30.3 Å². The summed E-state index contributed by atoms with van der Waals surface area (Å²) in [5, 5.41) is 3.02. The van der Waals surface area contributed by atoms with Crippen LogP contribution in [0, 0.1) is 0 Å². The van der Waals surface area contributed by atoms with Crippen LogP contribution in [-0.2, 0) is 4.79 Å². The van der Waals surface area contributed by atoms with Gasteiger partial charge in [-0.25, -0.2) is 0 Å². The molecule has 0 atom stereocenters. The predicted octanol–water partition coefficient (Wildman–Crippen LogP) is 1.58. The van der Waals surface area contributed by atoms with E-state index in [0.717, 1.165) is 5.75 Å². The topological polar surface area (TPSA) is 38.3 Å². The summed E-state index contributed by atoms with van der Waals surface area (Å²) in [5.74, 6) is 0.794. The second-order valence-corrected chi connectivity index (χ2v) is 3.21. The highest BCUT2D eigenvalue weighted by molar-refractivity contribution is 9.09. The van der Waals surface area contributed by atoms with Gasteiger partial charge in [0.15, 0.2) is 0 Å². The monoisotopic (exact) mass is 257 g/mol. The third-order valence-corrected chi connectivity index (χ3v) is 2.07. The minimum absolute atomic E-state index is 0.0262. The Bertz CT molecular complexity index is 277. The standard InChI is InChI=1S/C10H12BrNO2/c11-8-10(13)12-6-7-14-9-4-2-1-3-5-9/h1-5H,6-8H2,(H,12,13). The lowest BCUT2D eigenvalue weighted by atomic mass is 10.3. The van der Waals surface area contributed by atoms with Crippen molar-refractivity contribution in [3.63, 3.8) is 0 Å². The highest BCUT2D eigenvalue weighted by Gasteiger charge is 1.96. The molecule has 0 saturated carbocycles. The molecule has 1 N–H and O–H groups in total.